The van der Waals surface area contributed by atoms with Crippen LogP contribution in [-0.4, -0.2) is 34.8 Å². The van der Waals surface area contributed by atoms with Gasteiger partial charge >= 0.3 is 5.97 Å². The van der Waals surface area contributed by atoms with E-state index in [0.717, 1.165) is 5.69 Å². The molecule has 0 saturated carbocycles. The van der Waals surface area contributed by atoms with Crippen LogP contribution in [-0.2, 0) is 16.1 Å². The Morgan fingerprint density at radius 3 is 2.60 bits per heavy atom. The van der Waals surface area contributed by atoms with Crippen LogP contribution in [0, 0.1) is 12.8 Å². The van der Waals surface area contributed by atoms with Crippen molar-refractivity contribution in [3.63, 3.8) is 0 Å². The summed E-state index contributed by atoms with van der Waals surface area (Å²) in [6.07, 6.45) is 0.539. The fraction of sp³-hybridized carbons (Fsp3) is 0.643. The van der Waals surface area contributed by atoms with Crippen molar-refractivity contribution in [2.75, 3.05) is 7.11 Å². The minimum atomic E-state index is -0.631. The summed E-state index contributed by atoms with van der Waals surface area (Å²) in [7, 11) is 1.32. The number of aryl methyl sites for hydroxylation is 2. The van der Waals surface area contributed by atoms with Crippen LogP contribution in [0.3, 0.4) is 0 Å². The van der Waals surface area contributed by atoms with E-state index in [-0.39, 0.29) is 11.8 Å². The summed E-state index contributed by atoms with van der Waals surface area (Å²) in [6, 6.07) is 1.08. The van der Waals surface area contributed by atoms with E-state index in [0.29, 0.717) is 18.7 Å². The van der Waals surface area contributed by atoms with Crippen LogP contribution < -0.4 is 5.32 Å². The number of rotatable bonds is 6. The average Bonchev–Trinajstić information content (AvgIpc) is 2.77. The molecule has 0 bridgehead atoms. The Balaban J connectivity index is 2.87. The zero-order valence-electron chi connectivity index (χ0n) is 12.8. The Kier molecular flexibility index (Phi) is 5.73. The lowest BCUT2D eigenvalue weighted by atomic mass is 10.0. The molecule has 1 heterocycles. The molecular weight excluding hydrogens is 258 g/mol. The number of ether oxygens (including phenoxy) is 1. The fourth-order valence-electron chi connectivity index (χ4n) is 2.03. The number of carbonyl (C=O) groups is 2. The van der Waals surface area contributed by atoms with Gasteiger partial charge in [0.15, 0.2) is 0 Å². The van der Waals surface area contributed by atoms with Crippen molar-refractivity contribution in [3.8, 4) is 0 Å². The second-order valence-electron chi connectivity index (χ2n) is 5.17. The van der Waals surface area contributed by atoms with Gasteiger partial charge in [0.25, 0.3) is 5.91 Å². The first-order valence-electron chi connectivity index (χ1n) is 6.82. The summed E-state index contributed by atoms with van der Waals surface area (Å²) in [6.45, 7) is 8.32. The molecule has 0 fully saturated rings. The van der Waals surface area contributed by atoms with Gasteiger partial charge in [0.1, 0.15) is 11.7 Å². The second-order valence-corrected chi connectivity index (χ2v) is 5.17. The molecular formula is C14H23N3O3. The zero-order valence-corrected chi connectivity index (χ0v) is 12.8. The summed E-state index contributed by atoms with van der Waals surface area (Å²) in [5, 5.41) is 6.95. The van der Waals surface area contributed by atoms with Crippen LogP contribution in [0.5, 0.6) is 0 Å². The molecule has 0 radical (unpaired) electrons. The molecule has 1 atom stereocenters. The molecule has 0 spiro atoms. The maximum atomic E-state index is 12.3. The van der Waals surface area contributed by atoms with E-state index < -0.39 is 12.0 Å². The number of esters is 1. The molecule has 20 heavy (non-hydrogen) atoms. The molecule has 0 aliphatic heterocycles. The van der Waals surface area contributed by atoms with Gasteiger partial charge in [-0.05, 0) is 32.3 Å². The van der Waals surface area contributed by atoms with E-state index in [2.05, 4.69) is 10.4 Å². The van der Waals surface area contributed by atoms with E-state index in [9.17, 15) is 9.59 Å². The smallest absolute Gasteiger partial charge is 0.328 e. The molecule has 0 saturated heterocycles. The number of hydrogen-bond acceptors (Lipinski definition) is 4. The molecule has 6 nitrogen and oxygen atoms in total. The van der Waals surface area contributed by atoms with Gasteiger partial charge in [-0.1, -0.05) is 13.8 Å². The predicted molar refractivity (Wildman–Crippen MR) is 75.4 cm³/mol. The predicted octanol–water partition coefficient (Wildman–Crippen LogP) is 1.53. The van der Waals surface area contributed by atoms with Crippen molar-refractivity contribution >= 4 is 11.9 Å². The fourth-order valence-corrected chi connectivity index (χ4v) is 2.03. The van der Waals surface area contributed by atoms with Gasteiger partial charge in [-0.15, -0.1) is 0 Å². The lowest BCUT2D eigenvalue weighted by Crippen LogP contribution is -2.43. The normalized spacial score (nSPS) is 12.3. The van der Waals surface area contributed by atoms with E-state index in [1.165, 1.54) is 7.11 Å². The SMILES string of the molecule is CCn1nc(C)cc1C(=O)NC(CC(C)C)C(=O)OC. The molecule has 0 aliphatic rings. The monoisotopic (exact) mass is 281 g/mol. The lowest BCUT2D eigenvalue weighted by Gasteiger charge is -2.18. The number of hydrogen-bond donors (Lipinski definition) is 1. The Labute approximate surface area is 119 Å². The summed E-state index contributed by atoms with van der Waals surface area (Å²) in [5.74, 6) is -0.452. The first kappa shape index (κ1) is 16.2. The van der Waals surface area contributed by atoms with Crippen LogP contribution in [0.2, 0.25) is 0 Å². The van der Waals surface area contributed by atoms with Gasteiger partial charge in [-0.25, -0.2) is 4.79 Å². The molecule has 1 N–H and O–H groups in total. The van der Waals surface area contributed by atoms with Crippen LogP contribution >= 0.6 is 0 Å². The van der Waals surface area contributed by atoms with Crippen molar-refractivity contribution in [3.05, 3.63) is 17.5 Å². The third kappa shape index (κ3) is 4.08. The van der Waals surface area contributed by atoms with Gasteiger partial charge in [-0.2, -0.15) is 5.10 Å². The van der Waals surface area contributed by atoms with E-state index >= 15 is 0 Å². The second kappa shape index (κ2) is 7.07. The van der Waals surface area contributed by atoms with E-state index in [1.807, 2.05) is 27.7 Å². The maximum absolute atomic E-state index is 12.3. The minimum Gasteiger partial charge on any atom is -0.467 e. The highest BCUT2D eigenvalue weighted by Crippen LogP contribution is 2.09. The maximum Gasteiger partial charge on any atom is 0.328 e. The number of nitrogens with zero attached hydrogens (tertiary/aromatic N) is 2. The molecule has 1 aromatic rings. The first-order valence-corrected chi connectivity index (χ1v) is 6.82. The number of carbonyl (C=O) groups excluding carboxylic acids is 2. The number of aromatic nitrogens is 2. The Hall–Kier alpha value is -1.85. The molecule has 112 valence electrons. The highest BCUT2D eigenvalue weighted by Gasteiger charge is 2.24. The lowest BCUT2D eigenvalue weighted by molar-refractivity contribution is -0.143. The minimum absolute atomic E-state index is 0.275. The summed E-state index contributed by atoms with van der Waals surface area (Å²) < 4.78 is 6.36. The summed E-state index contributed by atoms with van der Waals surface area (Å²) in [5.41, 5.74) is 1.23. The quantitative estimate of drug-likeness (QED) is 0.803. The van der Waals surface area contributed by atoms with Crippen LogP contribution in [0.4, 0.5) is 0 Å². The molecule has 1 amide bonds. The van der Waals surface area contributed by atoms with Crippen LogP contribution in [0.25, 0.3) is 0 Å². The third-order valence-electron chi connectivity index (χ3n) is 2.93. The standard InChI is InChI=1S/C14H23N3O3/c1-6-17-12(8-10(4)16-17)13(18)15-11(7-9(2)3)14(19)20-5/h8-9,11H,6-7H2,1-5H3,(H,15,18). The molecule has 1 unspecified atom stereocenters. The first-order chi connectivity index (χ1) is 9.38. The van der Waals surface area contributed by atoms with Gasteiger partial charge in [0.2, 0.25) is 0 Å². The Morgan fingerprint density at radius 1 is 1.45 bits per heavy atom. The molecule has 0 aromatic carbocycles. The van der Waals surface area contributed by atoms with E-state index in [1.54, 1.807) is 10.7 Å². The van der Waals surface area contributed by atoms with Crippen molar-refractivity contribution in [1.82, 2.24) is 15.1 Å². The topological polar surface area (TPSA) is 73.2 Å². The van der Waals surface area contributed by atoms with Crippen molar-refractivity contribution < 1.29 is 14.3 Å². The molecule has 0 aliphatic carbocycles. The van der Waals surface area contributed by atoms with Crippen molar-refractivity contribution in [2.45, 2.75) is 46.7 Å². The van der Waals surface area contributed by atoms with Gasteiger partial charge in [-0.3, -0.25) is 9.48 Å². The Morgan fingerprint density at radius 2 is 2.10 bits per heavy atom. The van der Waals surface area contributed by atoms with Crippen molar-refractivity contribution in [2.24, 2.45) is 5.92 Å². The largest absolute Gasteiger partial charge is 0.467 e. The molecule has 1 rings (SSSR count). The van der Waals surface area contributed by atoms with Crippen molar-refractivity contribution in [1.29, 1.82) is 0 Å². The highest BCUT2D eigenvalue weighted by atomic mass is 16.5. The zero-order chi connectivity index (χ0) is 15.3. The number of amides is 1. The van der Waals surface area contributed by atoms with Crippen LogP contribution in [0.15, 0.2) is 6.07 Å². The summed E-state index contributed by atoms with van der Waals surface area (Å²) in [4.78, 5) is 24.0. The Bertz CT molecular complexity index is 480. The highest BCUT2D eigenvalue weighted by molar-refractivity contribution is 5.95. The average molecular weight is 281 g/mol. The van der Waals surface area contributed by atoms with E-state index in [4.69, 9.17) is 4.74 Å². The number of methoxy groups -OCH3 is 1. The van der Waals surface area contributed by atoms with Gasteiger partial charge < -0.3 is 10.1 Å². The molecule has 6 heteroatoms. The third-order valence-corrected chi connectivity index (χ3v) is 2.93. The molecule has 1 aromatic heterocycles. The van der Waals surface area contributed by atoms with Gasteiger partial charge in [0.05, 0.1) is 12.8 Å². The summed E-state index contributed by atoms with van der Waals surface area (Å²) >= 11 is 0. The van der Waals surface area contributed by atoms with Gasteiger partial charge in [0, 0.05) is 6.54 Å². The number of nitrogens with one attached hydrogen (secondary N) is 1. The van der Waals surface area contributed by atoms with Crippen LogP contribution in [0.1, 0.15) is 43.4 Å².